The second-order valence-electron chi connectivity index (χ2n) is 2.43. The molecule has 1 aliphatic rings. The Hall–Kier alpha value is -0.530. The highest BCUT2D eigenvalue weighted by molar-refractivity contribution is 5.81. The van der Waals surface area contributed by atoms with Crippen molar-refractivity contribution in [3.8, 4) is 0 Å². The molecule has 1 amide bonds. The zero-order valence-electron chi connectivity index (χ0n) is 5.27. The van der Waals surface area contributed by atoms with E-state index in [0.717, 1.165) is 6.42 Å². The molecule has 0 bridgehead atoms. The van der Waals surface area contributed by atoms with Crippen LogP contribution in [0, 0.1) is 11.8 Å². The normalized spacial score (nSPS) is 34.2. The first kappa shape index (κ1) is 5.60. The predicted molar refractivity (Wildman–Crippen MR) is 31.3 cm³/mol. The molecule has 0 aromatic carbocycles. The maximum Gasteiger partial charge on any atom is 0.223 e. The largest absolute Gasteiger partial charge is 0.359 e. The minimum atomic E-state index is 0.206. The summed E-state index contributed by atoms with van der Waals surface area (Å²) in [6.07, 6.45) is 1.08. The summed E-state index contributed by atoms with van der Waals surface area (Å²) < 4.78 is 0. The Morgan fingerprint density at radius 1 is 1.75 bits per heavy atom. The van der Waals surface area contributed by atoms with Crippen LogP contribution in [-0.2, 0) is 4.79 Å². The van der Waals surface area contributed by atoms with Crippen molar-refractivity contribution in [3.63, 3.8) is 0 Å². The molecule has 2 heteroatoms. The van der Waals surface area contributed by atoms with Crippen LogP contribution in [0.3, 0.4) is 0 Å². The first-order chi connectivity index (χ1) is 3.75. The van der Waals surface area contributed by atoms with Gasteiger partial charge in [0.05, 0.1) is 0 Å². The zero-order valence-corrected chi connectivity index (χ0v) is 5.27. The van der Waals surface area contributed by atoms with Gasteiger partial charge in [0.2, 0.25) is 5.91 Å². The fourth-order valence-corrected chi connectivity index (χ4v) is 0.873. The van der Waals surface area contributed by atoms with E-state index in [9.17, 15) is 4.79 Å². The van der Waals surface area contributed by atoms with Crippen LogP contribution >= 0.6 is 0 Å². The van der Waals surface area contributed by atoms with Gasteiger partial charge in [0, 0.05) is 13.0 Å². The fraction of sp³-hybridized carbons (Fsp3) is 0.833. The van der Waals surface area contributed by atoms with E-state index in [1.807, 2.05) is 0 Å². The van der Waals surface area contributed by atoms with E-state index in [1.54, 1.807) is 7.05 Å². The molecule has 1 saturated carbocycles. The topological polar surface area (TPSA) is 29.1 Å². The van der Waals surface area contributed by atoms with Gasteiger partial charge in [-0.1, -0.05) is 6.92 Å². The molecule has 0 aliphatic heterocycles. The summed E-state index contributed by atoms with van der Waals surface area (Å²) in [6.45, 7) is 2.10. The van der Waals surface area contributed by atoms with E-state index >= 15 is 0 Å². The molecule has 0 aromatic rings. The Morgan fingerprint density at radius 2 is 2.25 bits per heavy atom. The molecule has 0 spiro atoms. The maximum absolute atomic E-state index is 10.7. The lowest BCUT2D eigenvalue weighted by atomic mass is 10.3. The lowest BCUT2D eigenvalue weighted by Gasteiger charge is -1.91. The highest BCUT2D eigenvalue weighted by Gasteiger charge is 2.38. The number of carbonyl (C=O) groups excluding carboxylic acids is 1. The van der Waals surface area contributed by atoms with Crippen LogP contribution in [0.15, 0.2) is 0 Å². The average molecular weight is 113 g/mol. The quantitative estimate of drug-likeness (QED) is 0.523. The summed E-state index contributed by atoms with van der Waals surface area (Å²) in [6, 6.07) is 0. The molecule has 1 rings (SSSR count). The molecule has 0 radical (unpaired) electrons. The van der Waals surface area contributed by atoms with Crippen molar-refractivity contribution < 1.29 is 4.79 Å². The summed E-state index contributed by atoms with van der Waals surface area (Å²) in [5.41, 5.74) is 0. The van der Waals surface area contributed by atoms with Crippen molar-refractivity contribution in [1.29, 1.82) is 0 Å². The zero-order chi connectivity index (χ0) is 6.15. The molecule has 2 nitrogen and oxygen atoms in total. The molecular weight excluding hydrogens is 102 g/mol. The third kappa shape index (κ3) is 0.831. The summed E-state index contributed by atoms with van der Waals surface area (Å²) in [7, 11) is 1.69. The molecule has 46 valence electrons. The summed E-state index contributed by atoms with van der Waals surface area (Å²) >= 11 is 0. The summed E-state index contributed by atoms with van der Waals surface area (Å²) in [5, 5.41) is 2.62. The van der Waals surface area contributed by atoms with Crippen LogP contribution < -0.4 is 5.32 Å². The van der Waals surface area contributed by atoms with Crippen LogP contribution in [-0.4, -0.2) is 13.0 Å². The number of carbonyl (C=O) groups is 1. The van der Waals surface area contributed by atoms with Crippen molar-refractivity contribution in [2.24, 2.45) is 11.8 Å². The first-order valence-electron chi connectivity index (χ1n) is 2.97. The van der Waals surface area contributed by atoms with Crippen LogP contribution in [0.1, 0.15) is 13.3 Å². The molecule has 1 aliphatic carbocycles. The van der Waals surface area contributed by atoms with Gasteiger partial charge in [0.15, 0.2) is 0 Å². The van der Waals surface area contributed by atoms with Gasteiger partial charge in [-0.3, -0.25) is 4.79 Å². The average Bonchev–Trinajstić information content (AvgIpc) is 2.45. The number of amides is 1. The van der Waals surface area contributed by atoms with Gasteiger partial charge < -0.3 is 5.32 Å². The SMILES string of the molecule is CNC(=O)[C@H]1C[C@H]1C. The number of rotatable bonds is 1. The van der Waals surface area contributed by atoms with E-state index < -0.39 is 0 Å². The Morgan fingerprint density at radius 3 is 2.38 bits per heavy atom. The lowest BCUT2D eigenvalue weighted by Crippen LogP contribution is -2.19. The van der Waals surface area contributed by atoms with Gasteiger partial charge in [0.1, 0.15) is 0 Å². The third-order valence-electron chi connectivity index (χ3n) is 1.69. The molecule has 0 saturated heterocycles. The number of hydrogen-bond donors (Lipinski definition) is 1. The molecule has 0 heterocycles. The van der Waals surface area contributed by atoms with E-state index in [1.165, 1.54) is 0 Å². The first-order valence-corrected chi connectivity index (χ1v) is 2.97. The van der Waals surface area contributed by atoms with E-state index in [0.29, 0.717) is 11.8 Å². The van der Waals surface area contributed by atoms with Crippen LogP contribution in [0.25, 0.3) is 0 Å². The van der Waals surface area contributed by atoms with Crippen LogP contribution in [0.2, 0.25) is 0 Å². The van der Waals surface area contributed by atoms with E-state index in [4.69, 9.17) is 0 Å². The fourth-order valence-electron chi connectivity index (χ4n) is 0.873. The van der Waals surface area contributed by atoms with Crippen molar-refractivity contribution in [3.05, 3.63) is 0 Å². The van der Waals surface area contributed by atoms with Crippen molar-refractivity contribution in [2.75, 3.05) is 7.05 Å². The van der Waals surface area contributed by atoms with Gasteiger partial charge in [-0.2, -0.15) is 0 Å². The highest BCUT2D eigenvalue weighted by atomic mass is 16.1. The van der Waals surface area contributed by atoms with Gasteiger partial charge in [-0.15, -0.1) is 0 Å². The van der Waals surface area contributed by atoms with Gasteiger partial charge in [-0.25, -0.2) is 0 Å². The van der Waals surface area contributed by atoms with Gasteiger partial charge in [-0.05, 0) is 12.3 Å². The second kappa shape index (κ2) is 1.77. The van der Waals surface area contributed by atoms with Crippen molar-refractivity contribution in [2.45, 2.75) is 13.3 Å². The monoisotopic (exact) mass is 113 g/mol. The molecule has 2 atom stereocenters. The number of nitrogens with one attached hydrogen (secondary N) is 1. The number of hydrogen-bond acceptors (Lipinski definition) is 1. The van der Waals surface area contributed by atoms with Crippen molar-refractivity contribution >= 4 is 5.91 Å². The smallest absolute Gasteiger partial charge is 0.223 e. The Balaban J connectivity index is 2.28. The van der Waals surface area contributed by atoms with Crippen LogP contribution in [0.4, 0.5) is 0 Å². The third-order valence-corrected chi connectivity index (χ3v) is 1.69. The minimum Gasteiger partial charge on any atom is -0.359 e. The molecule has 8 heavy (non-hydrogen) atoms. The minimum absolute atomic E-state index is 0.206. The van der Waals surface area contributed by atoms with E-state index in [-0.39, 0.29) is 5.91 Å². The molecule has 0 aromatic heterocycles. The van der Waals surface area contributed by atoms with Gasteiger partial charge >= 0.3 is 0 Å². The molecule has 0 unspecified atom stereocenters. The predicted octanol–water partition coefficient (Wildman–Crippen LogP) is 0.388. The lowest BCUT2D eigenvalue weighted by molar-refractivity contribution is -0.122. The second-order valence-corrected chi connectivity index (χ2v) is 2.43. The molecule has 1 N–H and O–H groups in total. The maximum atomic E-state index is 10.7. The molecular formula is C6H11NO. The van der Waals surface area contributed by atoms with E-state index in [2.05, 4.69) is 12.2 Å². The summed E-state index contributed by atoms with van der Waals surface area (Å²) in [5.74, 6) is 1.17. The van der Waals surface area contributed by atoms with Crippen molar-refractivity contribution in [1.82, 2.24) is 5.32 Å². The summed E-state index contributed by atoms with van der Waals surface area (Å²) in [4.78, 5) is 10.7. The Kier molecular flexibility index (Phi) is 1.24. The molecule has 1 fully saturated rings. The Bertz CT molecular complexity index is 111. The van der Waals surface area contributed by atoms with Gasteiger partial charge in [0.25, 0.3) is 0 Å². The standard InChI is InChI=1S/C6H11NO/c1-4-3-5(4)6(8)7-2/h4-5H,3H2,1-2H3,(H,7,8)/t4-,5+/m1/s1. The Labute approximate surface area is 49.3 Å². The van der Waals surface area contributed by atoms with Crippen LogP contribution in [0.5, 0.6) is 0 Å². The highest BCUT2D eigenvalue weighted by Crippen LogP contribution is 2.37.